The van der Waals surface area contributed by atoms with Crippen LogP contribution < -0.4 is 0 Å². The molecule has 0 unspecified atom stereocenters. The Morgan fingerprint density at radius 3 is 2.64 bits per heavy atom. The molecule has 0 fully saturated rings. The number of halogens is 1. The molecule has 5 heteroatoms. The molecule has 1 aliphatic rings. The van der Waals surface area contributed by atoms with Gasteiger partial charge in [-0.15, -0.1) is 0 Å². The van der Waals surface area contributed by atoms with Crippen LogP contribution in [-0.4, -0.2) is 26.9 Å². The van der Waals surface area contributed by atoms with E-state index in [1.54, 1.807) is 24.2 Å². The maximum absolute atomic E-state index is 10.8. The van der Waals surface area contributed by atoms with Crippen LogP contribution in [0.15, 0.2) is 23.3 Å². The first-order chi connectivity index (χ1) is 5.00. The van der Waals surface area contributed by atoms with Gasteiger partial charge in [-0.25, -0.2) is 8.42 Å². The molecule has 0 spiro atoms. The van der Waals surface area contributed by atoms with Crippen molar-refractivity contribution in [2.24, 2.45) is 0 Å². The molecule has 0 bridgehead atoms. The molecule has 0 aromatic heterocycles. The molecule has 1 heterocycles. The highest BCUT2D eigenvalue weighted by atomic mass is 35.7. The number of rotatable bonds is 1. The van der Waals surface area contributed by atoms with Crippen molar-refractivity contribution in [1.82, 2.24) is 4.90 Å². The molecular weight excluding hydrogens is 186 g/mol. The van der Waals surface area contributed by atoms with Crippen LogP contribution in [0.1, 0.15) is 0 Å². The second kappa shape index (κ2) is 2.87. The summed E-state index contributed by atoms with van der Waals surface area (Å²) in [5.41, 5.74) is 0. The van der Waals surface area contributed by atoms with Crippen LogP contribution in [0.3, 0.4) is 0 Å². The molecule has 0 atom stereocenters. The van der Waals surface area contributed by atoms with E-state index < -0.39 is 9.05 Å². The molecule has 11 heavy (non-hydrogen) atoms. The summed E-state index contributed by atoms with van der Waals surface area (Å²) in [4.78, 5) is 1.99. The van der Waals surface area contributed by atoms with Crippen LogP contribution >= 0.6 is 10.7 Å². The van der Waals surface area contributed by atoms with E-state index in [0.29, 0.717) is 6.54 Å². The fourth-order valence-electron chi connectivity index (χ4n) is 0.807. The molecule has 1 aliphatic heterocycles. The minimum absolute atomic E-state index is 0.240. The molecule has 3 nitrogen and oxygen atoms in total. The average Bonchev–Trinajstić information content (AvgIpc) is 1.86. The van der Waals surface area contributed by atoms with Gasteiger partial charge in [0.1, 0.15) is 0 Å². The van der Waals surface area contributed by atoms with Gasteiger partial charge in [0.15, 0.2) is 0 Å². The predicted molar refractivity (Wildman–Crippen MR) is 44.6 cm³/mol. The Labute approximate surface area is 70.4 Å². The summed E-state index contributed by atoms with van der Waals surface area (Å²) in [5.74, 6) is 0. The van der Waals surface area contributed by atoms with Gasteiger partial charge < -0.3 is 4.90 Å². The van der Waals surface area contributed by atoms with E-state index in [0.717, 1.165) is 0 Å². The first-order valence-electron chi connectivity index (χ1n) is 3.02. The maximum atomic E-state index is 10.8. The fourth-order valence-corrected chi connectivity index (χ4v) is 1.71. The third-order valence-corrected chi connectivity index (χ3v) is 2.83. The SMILES string of the molecule is CN1C=CC=C(S(=O)(=O)Cl)C1. The minimum atomic E-state index is -3.52. The molecule has 0 saturated heterocycles. The van der Waals surface area contributed by atoms with Gasteiger partial charge in [-0.1, -0.05) is 0 Å². The van der Waals surface area contributed by atoms with Gasteiger partial charge in [0.25, 0.3) is 9.05 Å². The topological polar surface area (TPSA) is 37.4 Å². The van der Waals surface area contributed by atoms with E-state index in [-0.39, 0.29) is 4.91 Å². The number of allylic oxidation sites excluding steroid dienone is 2. The summed E-state index contributed by atoms with van der Waals surface area (Å²) in [6, 6.07) is 0. The number of hydrogen-bond donors (Lipinski definition) is 0. The number of hydrogen-bond acceptors (Lipinski definition) is 3. The van der Waals surface area contributed by atoms with Crippen LogP contribution in [0.25, 0.3) is 0 Å². The summed E-state index contributed by atoms with van der Waals surface area (Å²) < 4.78 is 21.5. The molecular formula is C6H8ClNO2S. The van der Waals surface area contributed by atoms with Gasteiger partial charge in [0, 0.05) is 17.7 Å². The normalized spacial score (nSPS) is 18.4. The first-order valence-corrected chi connectivity index (χ1v) is 5.33. The highest BCUT2D eigenvalue weighted by molar-refractivity contribution is 8.16. The standard InChI is InChI=1S/C6H8ClNO2S/c1-8-4-2-3-6(5-8)11(7,9)10/h2-4H,5H2,1H3. The minimum Gasteiger partial charge on any atom is -0.375 e. The van der Waals surface area contributed by atoms with Crippen LogP contribution in [-0.2, 0) is 9.05 Å². The summed E-state index contributed by atoms with van der Waals surface area (Å²) in [6.45, 7) is 0.350. The molecule has 0 radical (unpaired) electrons. The third kappa shape index (κ3) is 2.24. The van der Waals surface area contributed by atoms with Crippen molar-refractivity contribution >= 4 is 19.7 Å². The maximum Gasteiger partial charge on any atom is 0.259 e. The Bertz CT molecular complexity index is 305. The second-order valence-corrected chi connectivity index (χ2v) is 4.95. The summed E-state index contributed by atoms with van der Waals surface area (Å²) >= 11 is 0. The Balaban J connectivity index is 2.92. The second-order valence-electron chi connectivity index (χ2n) is 2.33. The average molecular weight is 194 g/mol. The van der Waals surface area contributed by atoms with E-state index in [1.807, 2.05) is 0 Å². The summed E-state index contributed by atoms with van der Waals surface area (Å²) in [7, 11) is 3.39. The van der Waals surface area contributed by atoms with E-state index in [9.17, 15) is 8.42 Å². The van der Waals surface area contributed by atoms with Crippen molar-refractivity contribution in [3.05, 3.63) is 23.3 Å². The van der Waals surface area contributed by atoms with Gasteiger partial charge in [0.2, 0.25) is 0 Å². The zero-order valence-electron chi connectivity index (χ0n) is 5.99. The lowest BCUT2D eigenvalue weighted by molar-refractivity contribution is 0.496. The Morgan fingerprint density at radius 1 is 1.64 bits per heavy atom. The van der Waals surface area contributed by atoms with Crippen molar-refractivity contribution in [3.63, 3.8) is 0 Å². The van der Waals surface area contributed by atoms with E-state index in [4.69, 9.17) is 10.7 Å². The van der Waals surface area contributed by atoms with Crippen molar-refractivity contribution in [2.45, 2.75) is 0 Å². The largest absolute Gasteiger partial charge is 0.375 e. The quantitative estimate of drug-likeness (QED) is 0.581. The zero-order chi connectivity index (χ0) is 8.48. The molecule has 0 amide bonds. The van der Waals surface area contributed by atoms with Crippen molar-refractivity contribution in [2.75, 3.05) is 13.6 Å². The smallest absolute Gasteiger partial charge is 0.259 e. The Morgan fingerprint density at radius 2 is 2.27 bits per heavy atom. The van der Waals surface area contributed by atoms with Crippen LogP contribution in [0.5, 0.6) is 0 Å². The lowest BCUT2D eigenvalue weighted by atomic mass is 10.4. The predicted octanol–water partition coefficient (Wildman–Crippen LogP) is 0.898. The summed E-state index contributed by atoms with van der Waals surface area (Å²) in [6.07, 6.45) is 4.94. The van der Waals surface area contributed by atoms with Crippen LogP contribution in [0, 0.1) is 0 Å². The third-order valence-electron chi connectivity index (χ3n) is 1.34. The monoisotopic (exact) mass is 193 g/mol. The molecule has 0 aromatic carbocycles. The van der Waals surface area contributed by atoms with Crippen molar-refractivity contribution in [3.8, 4) is 0 Å². The van der Waals surface area contributed by atoms with E-state index in [2.05, 4.69) is 0 Å². The fraction of sp³-hybridized carbons (Fsp3) is 0.333. The zero-order valence-corrected chi connectivity index (χ0v) is 7.56. The van der Waals surface area contributed by atoms with Gasteiger partial charge >= 0.3 is 0 Å². The highest BCUT2D eigenvalue weighted by Gasteiger charge is 2.15. The lowest BCUT2D eigenvalue weighted by Crippen LogP contribution is -2.19. The Kier molecular flexibility index (Phi) is 2.25. The van der Waals surface area contributed by atoms with Crippen LogP contribution in [0.4, 0.5) is 0 Å². The number of nitrogens with zero attached hydrogens (tertiary/aromatic N) is 1. The summed E-state index contributed by atoms with van der Waals surface area (Å²) in [5, 5.41) is 0. The van der Waals surface area contributed by atoms with Crippen LogP contribution in [0.2, 0.25) is 0 Å². The lowest BCUT2D eigenvalue weighted by Gasteiger charge is -2.17. The molecule has 0 aliphatic carbocycles. The first kappa shape index (κ1) is 8.62. The molecule has 0 aromatic rings. The molecule has 0 saturated carbocycles. The van der Waals surface area contributed by atoms with E-state index >= 15 is 0 Å². The molecule has 62 valence electrons. The Hall–Kier alpha value is -0.480. The van der Waals surface area contributed by atoms with Gasteiger partial charge in [-0.2, -0.15) is 0 Å². The molecule has 0 N–H and O–H groups in total. The number of likely N-dealkylation sites (N-methyl/N-ethyl adjacent to an activating group) is 1. The van der Waals surface area contributed by atoms with Crippen molar-refractivity contribution in [1.29, 1.82) is 0 Å². The van der Waals surface area contributed by atoms with E-state index in [1.165, 1.54) is 6.08 Å². The van der Waals surface area contributed by atoms with Gasteiger partial charge in [-0.3, -0.25) is 0 Å². The van der Waals surface area contributed by atoms with Gasteiger partial charge in [0.05, 0.1) is 11.4 Å². The molecule has 1 rings (SSSR count). The van der Waals surface area contributed by atoms with Crippen molar-refractivity contribution < 1.29 is 8.42 Å². The highest BCUT2D eigenvalue weighted by Crippen LogP contribution is 2.15. The van der Waals surface area contributed by atoms with Gasteiger partial charge in [-0.05, 0) is 18.4 Å².